The Hall–Kier alpha value is -4.12. The molecule has 0 radical (unpaired) electrons. The number of hydrogen-bond donors (Lipinski definition) is 1. The molecule has 0 bridgehead atoms. The molecule has 0 saturated heterocycles. The maximum absolute atomic E-state index is 12.5. The molecule has 11 heteroatoms. The van der Waals surface area contributed by atoms with Crippen LogP contribution in [0.5, 0.6) is 0 Å². The predicted octanol–water partition coefficient (Wildman–Crippen LogP) is 4.13. The van der Waals surface area contributed by atoms with E-state index in [-0.39, 0.29) is 5.56 Å². The van der Waals surface area contributed by atoms with Crippen LogP contribution in [-0.2, 0) is 0 Å². The molecule has 10 nitrogen and oxygen atoms in total. The van der Waals surface area contributed by atoms with E-state index in [2.05, 4.69) is 10.3 Å². The molecule has 0 aliphatic carbocycles. The molecule has 0 spiro atoms. The molecule has 1 N–H and O–H groups in total. The quantitative estimate of drug-likeness (QED) is 0.389. The van der Waals surface area contributed by atoms with Crippen molar-refractivity contribution in [2.45, 2.75) is 0 Å². The molecule has 2 aromatic carbocycles. The number of nitro groups is 2. The van der Waals surface area contributed by atoms with Crippen LogP contribution >= 0.6 is 11.3 Å². The maximum atomic E-state index is 12.5. The molecule has 0 aliphatic rings. The first-order valence-electron chi connectivity index (χ1n) is 8.18. The van der Waals surface area contributed by atoms with Crippen LogP contribution in [-0.4, -0.2) is 25.1 Å². The number of hydrogen-bond acceptors (Lipinski definition) is 7. The Morgan fingerprint density at radius 2 is 1.79 bits per heavy atom. The van der Waals surface area contributed by atoms with Crippen molar-refractivity contribution in [2.24, 2.45) is 0 Å². The van der Waals surface area contributed by atoms with Gasteiger partial charge < -0.3 is 5.32 Å². The number of rotatable bonds is 5. The zero-order valence-corrected chi connectivity index (χ0v) is 15.3. The molecule has 0 aliphatic heterocycles. The summed E-state index contributed by atoms with van der Waals surface area (Å²) in [6.45, 7) is 0. The van der Waals surface area contributed by atoms with Crippen LogP contribution in [0.4, 0.5) is 17.1 Å². The van der Waals surface area contributed by atoms with Crippen molar-refractivity contribution in [1.29, 1.82) is 0 Å². The van der Waals surface area contributed by atoms with Gasteiger partial charge in [0.15, 0.2) is 4.96 Å². The lowest BCUT2D eigenvalue weighted by molar-refractivity contribution is -0.394. The number of carbonyl (C=O) groups is 1. The SMILES string of the molecule is O=C(Nc1cccc(-c2cn3ccsc3n2)c1)c1cc([N+](=O)[O-])cc([N+](=O)[O-])c1. The van der Waals surface area contributed by atoms with Gasteiger partial charge in [0.25, 0.3) is 17.3 Å². The molecule has 1 amide bonds. The average molecular weight is 409 g/mol. The molecular weight excluding hydrogens is 398 g/mol. The van der Waals surface area contributed by atoms with E-state index in [0.29, 0.717) is 5.69 Å². The zero-order valence-electron chi connectivity index (χ0n) is 14.5. The smallest absolute Gasteiger partial charge is 0.277 e. The highest BCUT2D eigenvalue weighted by atomic mass is 32.1. The lowest BCUT2D eigenvalue weighted by Crippen LogP contribution is -2.12. The largest absolute Gasteiger partial charge is 0.322 e. The highest BCUT2D eigenvalue weighted by Crippen LogP contribution is 2.26. The monoisotopic (exact) mass is 409 g/mol. The minimum atomic E-state index is -0.783. The van der Waals surface area contributed by atoms with Crippen LogP contribution in [0.2, 0.25) is 0 Å². The van der Waals surface area contributed by atoms with Crippen molar-refractivity contribution in [3.8, 4) is 11.3 Å². The van der Waals surface area contributed by atoms with E-state index in [1.807, 2.05) is 28.2 Å². The molecule has 2 aromatic heterocycles. The van der Waals surface area contributed by atoms with Crippen LogP contribution in [0.25, 0.3) is 16.2 Å². The van der Waals surface area contributed by atoms with Crippen molar-refractivity contribution in [3.05, 3.63) is 86.0 Å². The highest BCUT2D eigenvalue weighted by Gasteiger charge is 2.20. The van der Waals surface area contributed by atoms with Crippen molar-refractivity contribution < 1.29 is 14.6 Å². The first-order valence-corrected chi connectivity index (χ1v) is 9.06. The standard InChI is InChI=1S/C18H11N5O5S/c24-17(12-7-14(22(25)26)9-15(8-12)23(27)28)19-13-3-1-2-11(6-13)16-10-21-4-5-29-18(21)20-16/h1-10H,(H,19,24). The van der Waals surface area contributed by atoms with Gasteiger partial charge in [0.1, 0.15) is 0 Å². The number of anilines is 1. The molecule has 144 valence electrons. The third-order valence-corrected chi connectivity index (χ3v) is 4.87. The topological polar surface area (TPSA) is 133 Å². The summed E-state index contributed by atoms with van der Waals surface area (Å²) in [7, 11) is 0. The third-order valence-electron chi connectivity index (χ3n) is 4.10. The molecule has 4 aromatic rings. The summed E-state index contributed by atoms with van der Waals surface area (Å²) < 4.78 is 1.88. The summed E-state index contributed by atoms with van der Waals surface area (Å²) in [6, 6.07) is 9.71. The minimum Gasteiger partial charge on any atom is -0.322 e. The number of amides is 1. The van der Waals surface area contributed by atoms with Gasteiger partial charge in [-0.25, -0.2) is 4.98 Å². The summed E-state index contributed by atoms with van der Waals surface area (Å²) in [4.78, 5) is 38.3. The highest BCUT2D eigenvalue weighted by molar-refractivity contribution is 7.15. The summed E-state index contributed by atoms with van der Waals surface area (Å²) in [5.41, 5.74) is 0.673. The van der Waals surface area contributed by atoms with Crippen LogP contribution in [0.1, 0.15) is 10.4 Å². The number of carbonyl (C=O) groups excluding carboxylic acids is 1. The lowest BCUT2D eigenvalue weighted by atomic mass is 10.1. The number of fused-ring (bicyclic) bond motifs is 1. The van der Waals surface area contributed by atoms with E-state index in [0.717, 1.165) is 34.4 Å². The van der Waals surface area contributed by atoms with Gasteiger partial charge in [-0.2, -0.15) is 0 Å². The molecular formula is C18H11N5O5S. The van der Waals surface area contributed by atoms with E-state index in [1.54, 1.807) is 18.2 Å². The number of imidazole rings is 1. The second-order valence-corrected chi connectivity index (χ2v) is 6.88. The molecule has 2 heterocycles. The Kier molecular flexibility index (Phi) is 4.49. The van der Waals surface area contributed by atoms with Gasteiger partial charge in [-0.15, -0.1) is 11.3 Å². The van der Waals surface area contributed by atoms with Gasteiger partial charge >= 0.3 is 0 Å². The minimum absolute atomic E-state index is 0.182. The first kappa shape index (κ1) is 18.3. The van der Waals surface area contributed by atoms with Gasteiger partial charge in [-0.3, -0.25) is 29.4 Å². The molecule has 0 unspecified atom stereocenters. The van der Waals surface area contributed by atoms with E-state index in [9.17, 15) is 25.0 Å². The lowest BCUT2D eigenvalue weighted by Gasteiger charge is -2.07. The predicted molar refractivity (Wildman–Crippen MR) is 106 cm³/mol. The second kappa shape index (κ2) is 7.13. The normalized spacial score (nSPS) is 10.8. The number of nitrogens with zero attached hydrogens (tertiary/aromatic N) is 4. The van der Waals surface area contributed by atoms with E-state index < -0.39 is 27.1 Å². The van der Waals surface area contributed by atoms with Gasteiger partial charge in [0.2, 0.25) is 0 Å². The van der Waals surface area contributed by atoms with Gasteiger partial charge in [-0.1, -0.05) is 12.1 Å². The first-order chi connectivity index (χ1) is 13.9. The third kappa shape index (κ3) is 3.66. The number of benzene rings is 2. The fourth-order valence-corrected chi connectivity index (χ4v) is 3.46. The summed E-state index contributed by atoms with van der Waals surface area (Å²) >= 11 is 1.49. The number of nitro benzene ring substituents is 2. The summed E-state index contributed by atoms with van der Waals surface area (Å²) in [5, 5.41) is 26.5. The van der Waals surface area contributed by atoms with Crippen LogP contribution in [0, 0.1) is 20.2 Å². The van der Waals surface area contributed by atoms with Gasteiger partial charge in [-0.05, 0) is 12.1 Å². The Morgan fingerprint density at radius 3 is 2.45 bits per heavy atom. The molecule has 0 atom stereocenters. The average Bonchev–Trinajstić information content (AvgIpc) is 3.30. The number of thiazole rings is 1. The van der Waals surface area contributed by atoms with Crippen LogP contribution in [0.15, 0.2) is 60.2 Å². The number of non-ortho nitro benzene ring substituents is 2. The molecule has 0 fully saturated rings. The fraction of sp³-hybridized carbons (Fsp3) is 0. The van der Waals surface area contributed by atoms with Crippen LogP contribution in [0.3, 0.4) is 0 Å². The van der Waals surface area contributed by atoms with Crippen molar-refractivity contribution in [2.75, 3.05) is 5.32 Å². The zero-order chi connectivity index (χ0) is 20.5. The van der Waals surface area contributed by atoms with Crippen molar-refractivity contribution in [1.82, 2.24) is 9.38 Å². The Labute approximate surface area is 166 Å². The molecule has 4 rings (SSSR count). The Morgan fingerprint density at radius 1 is 1.07 bits per heavy atom. The maximum Gasteiger partial charge on any atom is 0.277 e. The van der Waals surface area contributed by atoms with E-state index in [1.165, 1.54) is 11.3 Å². The number of nitrogens with one attached hydrogen (secondary N) is 1. The van der Waals surface area contributed by atoms with Gasteiger partial charge in [0, 0.05) is 41.2 Å². The Bertz CT molecular complexity index is 1220. The van der Waals surface area contributed by atoms with E-state index in [4.69, 9.17) is 0 Å². The summed E-state index contributed by atoms with van der Waals surface area (Å²) in [6.07, 6.45) is 3.74. The molecule has 0 saturated carbocycles. The Balaban J connectivity index is 1.62. The fourth-order valence-electron chi connectivity index (χ4n) is 2.76. The van der Waals surface area contributed by atoms with E-state index >= 15 is 0 Å². The number of aromatic nitrogens is 2. The van der Waals surface area contributed by atoms with Crippen LogP contribution < -0.4 is 5.32 Å². The summed E-state index contributed by atoms with van der Waals surface area (Å²) in [5.74, 6) is -0.695. The van der Waals surface area contributed by atoms with Crippen molar-refractivity contribution in [3.63, 3.8) is 0 Å². The van der Waals surface area contributed by atoms with Crippen molar-refractivity contribution >= 4 is 39.3 Å². The molecule has 29 heavy (non-hydrogen) atoms. The second-order valence-electron chi connectivity index (χ2n) is 6.01. The van der Waals surface area contributed by atoms with Gasteiger partial charge in [0.05, 0.1) is 27.2 Å².